The number of aryl methyl sites for hydroxylation is 1. The minimum atomic E-state index is 0.396. The monoisotopic (exact) mass is 300 g/mol. The van der Waals surface area contributed by atoms with Crippen molar-refractivity contribution in [3.63, 3.8) is 0 Å². The summed E-state index contributed by atoms with van der Waals surface area (Å²) < 4.78 is 0. The van der Waals surface area contributed by atoms with Crippen LogP contribution in [0.25, 0.3) is 0 Å². The summed E-state index contributed by atoms with van der Waals surface area (Å²) in [6, 6.07) is 13.1. The molecule has 21 heavy (non-hydrogen) atoms. The predicted octanol–water partition coefficient (Wildman–Crippen LogP) is 4.42. The molecule has 2 aromatic carbocycles. The van der Waals surface area contributed by atoms with Gasteiger partial charge in [0.2, 0.25) is 0 Å². The van der Waals surface area contributed by atoms with Crippen molar-refractivity contribution in [2.45, 2.75) is 31.7 Å². The van der Waals surface area contributed by atoms with E-state index >= 15 is 0 Å². The van der Waals surface area contributed by atoms with Gasteiger partial charge in [-0.3, -0.25) is 0 Å². The number of halogens is 1. The molecule has 3 heteroatoms. The van der Waals surface area contributed by atoms with Crippen LogP contribution in [0.1, 0.15) is 47.1 Å². The Labute approximate surface area is 131 Å². The van der Waals surface area contributed by atoms with Crippen molar-refractivity contribution in [3.8, 4) is 0 Å². The predicted molar refractivity (Wildman–Crippen MR) is 89.9 cm³/mol. The van der Waals surface area contributed by atoms with Gasteiger partial charge >= 0.3 is 0 Å². The maximum atomic E-state index is 6.16. The van der Waals surface area contributed by atoms with Gasteiger partial charge in [-0.1, -0.05) is 29.8 Å². The number of nitrogen functional groups attached to an aromatic ring is 1. The first-order valence-corrected chi connectivity index (χ1v) is 7.80. The summed E-state index contributed by atoms with van der Waals surface area (Å²) in [6.07, 6.45) is 2.27. The van der Waals surface area contributed by atoms with Crippen LogP contribution in [0.3, 0.4) is 0 Å². The molecule has 0 radical (unpaired) electrons. The third-order valence-electron chi connectivity index (χ3n) is 4.54. The van der Waals surface area contributed by atoms with Gasteiger partial charge in [0.1, 0.15) is 0 Å². The molecule has 0 aliphatic heterocycles. The van der Waals surface area contributed by atoms with Gasteiger partial charge in [-0.2, -0.15) is 0 Å². The van der Waals surface area contributed by atoms with E-state index in [-0.39, 0.29) is 0 Å². The largest absolute Gasteiger partial charge is 0.399 e. The Kier molecular flexibility index (Phi) is 3.92. The lowest BCUT2D eigenvalue weighted by Gasteiger charge is -2.32. The molecular weight excluding hydrogens is 280 g/mol. The summed E-state index contributed by atoms with van der Waals surface area (Å²) in [5.74, 6) is 0.432. The molecule has 0 bridgehead atoms. The van der Waals surface area contributed by atoms with Crippen molar-refractivity contribution < 1.29 is 0 Å². The lowest BCUT2D eigenvalue weighted by atomic mass is 9.76. The van der Waals surface area contributed by atoms with E-state index in [1.807, 2.05) is 19.2 Å². The minimum absolute atomic E-state index is 0.396. The summed E-state index contributed by atoms with van der Waals surface area (Å²) in [4.78, 5) is 0. The second-order valence-electron chi connectivity index (χ2n) is 5.87. The molecule has 0 unspecified atom stereocenters. The lowest BCUT2D eigenvalue weighted by molar-refractivity contribution is 0.471. The quantitative estimate of drug-likeness (QED) is 0.806. The molecule has 110 valence electrons. The number of hydrogen-bond donors (Lipinski definition) is 2. The number of hydrogen-bond acceptors (Lipinski definition) is 2. The van der Waals surface area contributed by atoms with Gasteiger partial charge in [0, 0.05) is 22.7 Å². The van der Waals surface area contributed by atoms with Gasteiger partial charge < -0.3 is 11.1 Å². The molecule has 0 saturated heterocycles. The topological polar surface area (TPSA) is 38.0 Å². The van der Waals surface area contributed by atoms with Gasteiger partial charge in [-0.05, 0) is 67.3 Å². The normalized spacial score (nSPS) is 21.1. The zero-order chi connectivity index (χ0) is 15.0. The number of nitrogens with one attached hydrogen (secondary N) is 1. The first-order valence-electron chi connectivity index (χ1n) is 7.42. The van der Waals surface area contributed by atoms with E-state index in [2.05, 4.69) is 36.5 Å². The highest BCUT2D eigenvalue weighted by Gasteiger charge is 2.27. The van der Waals surface area contributed by atoms with Gasteiger partial charge in [-0.15, -0.1) is 0 Å². The second kappa shape index (κ2) is 5.70. The summed E-state index contributed by atoms with van der Waals surface area (Å²) in [7, 11) is 2.02. The third-order valence-corrected chi connectivity index (χ3v) is 4.96. The molecule has 3 rings (SSSR count). The number of nitrogens with two attached hydrogens (primary N) is 1. The molecule has 0 fully saturated rings. The summed E-state index contributed by atoms with van der Waals surface area (Å²) >= 11 is 6.16. The second-order valence-corrected chi connectivity index (χ2v) is 6.28. The highest BCUT2D eigenvalue weighted by atomic mass is 35.5. The van der Waals surface area contributed by atoms with Crippen LogP contribution in [0.15, 0.2) is 36.4 Å². The minimum Gasteiger partial charge on any atom is -0.399 e. The van der Waals surface area contributed by atoms with Gasteiger partial charge in [0.25, 0.3) is 0 Å². The standard InChI is InChI=1S/C18H21ClN2/c1-11-9-12(3-7-17(11)19)14-6-8-18(21-2)16-10-13(20)4-5-15(14)16/h3-5,7,9-10,14,18,21H,6,8,20H2,1-2H3/t14-,18-/m0/s1. The molecule has 2 nitrogen and oxygen atoms in total. The molecule has 0 heterocycles. The Morgan fingerprint density at radius 2 is 1.90 bits per heavy atom. The average Bonchev–Trinajstić information content (AvgIpc) is 2.49. The fourth-order valence-corrected chi connectivity index (χ4v) is 3.50. The fraction of sp³-hybridized carbons (Fsp3) is 0.333. The van der Waals surface area contributed by atoms with Crippen molar-refractivity contribution in [3.05, 3.63) is 63.7 Å². The van der Waals surface area contributed by atoms with Crippen LogP contribution < -0.4 is 11.1 Å². The smallest absolute Gasteiger partial charge is 0.0435 e. The molecule has 0 saturated carbocycles. The first-order chi connectivity index (χ1) is 10.1. The molecule has 3 N–H and O–H groups in total. The fourth-order valence-electron chi connectivity index (χ4n) is 3.39. The number of anilines is 1. The maximum absolute atomic E-state index is 6.16. The van der Waals surface area contributed by atoms with Crippen LogP contribution in [0.2, 0.25) is 5.02 Å². The van der Waals surface area contributed by atoms with Crippen LogP contribution in [0.5, 0.6) is 0 Å². The molecule has 2 aromatic rings. The lowest BCUT2D eigenvalue weighted by Crippen LogP contribution is -2.24. The molecule has 2 atom stereocenters. The molecule has 1 aliphatic carbocycles. The summed E-state index contributed by atoms with van der Waals surface area (Å²) in [5, 5.41) is 4.24. The number of benzene rings is 2. The van der Waals surface area contributed by atoms with Crippen LogP contribution in [-0.4, -0.2) is 7.05 Å². The zero-order valence-electron chi connectivity index (χ0n) is 12.5. The molecule has 1 aliphatic rings. The Morgan fingerprint density at radius 3 is 2.62 bits per heavy atom. The highest BCUT2D eigenvalue weighted by molar-refractivity contribution is 6.31. The Bertz CT molecular complexity index is 666. The van der Waals surface area contributed by atoms with E-state index < -0.39 is 0 Å². The average molecular weight is 301 g/mol. The summed E-state index contributed by atoms with van der Waals surface area (Å²) in [5.41, 5.74) is 12.0. The van der Waals surface area contributed by atoms with Crippen molar-refractivity contribution >= 4 is 17.3 Å². The molecule has 0 aromatic heterocycles. The van der Waals surface area contributed by atoms with Gasteiger partial charge in [-0.25, -0.2) is 0 Å². The van der Waals surface area contributed by atoms with E-state index in [1.54, 1.807) is 0 Å². The number of rotatable bonds is 2. The van der Waals surface area contributed by atoms with Crippen molar-refractivity contribution in [2.75, 3.05) is 12.8 Å². The maximum Gasteiger partial charge on any atom is 0.0435 e. The Morgan fingerprint density at radius 1 is 1.10 bits per heavy atom. The van der Waals surface area contributed by atoms with Crippen LogP contribution in [0.4, 0.5) is 5.69 Å². The highest BCUT2D eigenvalue weighted by Crippen LogP contribution is 2.42. The Balaban J connectivity index is 2.07. The van der Waals surface area contributed by atoms with Crippen molar-refractivity contribution in [1.29, 1.82) is 0 Å². The molecule has 0 amide bonds. The van der Waals surface area contributed by atoms with E-state index in [0.717, 1.165) is 29.1 Å². The van der Waals surface area contributed by atoms with E-state index in [1.165, 1.54) is 16.7 Å². The Hall–Kier alpha value is -1.51. The van der Waals surface area contributed by atoms with Crippen LogP contribution in [-0.2, 0) is 0 Å². The molecular formula is C18H21ClN2. The summed E-state index contributed by atoms with van der Waals surface area (Å²) in [6.45, 7) is 2.06. The van der Waals surface area contributed by atoms with Crippen molar-refractivity contribution in [1.82, 2.24) is 5.32 Å². The zero-order valence-corrected chi connectivity index (χ0v) is 13.2. The van der Waals surface area contributed by atoms with Crippen molar-refractivity contribution in [2.24, 2.45) is 0 Å². The first kappa shape index (κ1) is 14.4. The number of fused-ring (bicyclic) bond motifs is 1. The van der Waals surface area contributed by atoms with Crippen LogP contribution >= 0.6 is 11.6 Å². The van der Waals surface area contributed by atoms with E-state index in [0.29, 0.717) is 12.0 Å². The van der Waals surface area contributed by atoms with Gasteiger partial charge in [0.05, 0.1) is 0 Å². The third kappa shape index (κ3) is 2.66. The van der Waals surface area contributed by atoms with Gasteiger partial charge in [0.15, 0.2) is 0 Å². The van der Waals surface area contributed by atoms with E-state index in [9.17, 15) is 0 Å². The SMILES string of the molecule is CN[C@H]1CC[C@@H](c2ccc(Cl)c(C)c2)c2ccc(N)cc21. The van der Waals surface area contributed by atoms with E-state index in [4.69, 9.17) is 17.3 Å². The van der Waals surface area contributed by atoms with Crippen LogP contribution in [0, 0.1) is 6.92 Å². The molecule has 0 spiro atoms.